The van der Waals surface area contributed by atoms with E-state index in [1.807, 2.05) is 20.8 Å². The molecule has 0 saturated carbocycles. The molecule has 0 spiro atoms. The van der Waals surface area contributed by atoms with E-state index in [2.05, 4.69) is 4.72 Å². The Bertz CT molecular complexity index is 832. The molecule has 4 nitrogen and oxygen atoms in total. The Balaban J connectivity index is 2.44. The summed E-state index contributed by atoms with van der Waals surface area (Å²) in [6.45, 7) is 7.88. The van der Waals surface area contributed by atoms with Crippen LogP contribution < -0.4 is 9.46 Å². The molecular weight excluding hydrogens is 334 g/mol. The van der Waals surface area contributed by atoms with Gasteiger partial charge in [-0.3, -0.25) is 4.72 Å². The topological polar surface area (TPSA) is 55.4 Å². The lowest BCUT2D eigenvalue weighted by Crippen LogP contribution is -2.15. The minimum absolute atomic E-state index is 0.234. The van der Waals surface area contributed by atoms with Crippen LogP contribution in [0.1, 0.15) is 23.6 Å². The molecule has 124 valence electrons. The van der Waals surface area contributed by atoms with Crippen molar-refractivity contribution < 1.29 is 13.2 Å². The Labute approximate surface area is 142 Å². The molecule has 0 radical (unpaired) electrons. The summed E-state index contributed by atoms with van der Waals surface area (Å²) in [5, 5.41) is 0.480. The standard InChI is InChI=1S/C17H20ClNO3S/c1-5-22-16-8-9-17(13(4)12(16)3)23(20,21)19-15-10-14(18)7-6-11(15)2/h6-10,19H,5H2,1-4H3. The summed E-state index contributed by atoms with van der Waals surface area (Å²) in [4.78, 5) is 0.234. The molecule has 2 rings (SSSR count). The summed E-state index contributed by atoms with van der Waals surface area (Å²) in [5.41, 5.74) is 2.77. The molecule has 0 heterocycles. The molecule has 0 aromatic heterocycles. The molecule has 0 aliphatic carbocycles. The van der Waals surface area contributed by atoms with E-state index in [1.165, 1.54) is 0 Å². The maximum absolute atomic E-state index is 12.7. The molecule has 23 heavy (non-hydrogen) atoms. The lowest BCUT2D eigenvalue weighted by atomic mass is 10.1. The van der Waals surface area contributed by atoms with Crippen molar-refractivity contribution in [2.24, 2.45) is 0 Å². The zero-order valence-corrected chi connectivity index (χ0v) is 15.2. The minimum Gasteiger partial charge on any atom is -0.494 e. The van der Waals surface area contributed by atoms with Crippen LogP contribution in [0.25, 0.3) is 0 Å². The number of nitrogens with one attached hydrogen (secondary N) is 1. The van der Waals surface area contributed by atoms with Crippen molar-refractivity contribution >= 4 is 27.3 Å². The van der Waals surface area contributed by atoms with Crippen molar-refractivity contribution in [3.63, 3.8) is 0 Å². The molecule has 0 fully saturated rings. The molecule has 0 aliphatic rings. The van der Waals surface area contributed by atoms with Crippen LogP contribution in [0.3, 0.4) is 0 Å². The van der Waals surface area contributed by atoms with Gasteiger partial charge in [0.15, 0.2) is 0 Å². The third-order valence-corrected chi connectivity index (χ3v) is 5.47. The average Bonchev–Trinajstić information content (AvgIpc) is 2.47. The van der Waals surface area contributed by atoms with Crippen LogP contribution in [-0.4, -0.2) is 15.0 Å². The number of rotatable bonds is 5. The summed E-state index contributed by atoms with van der Waals surface area (Å²) in [5.74, 6) is 0.697. The van der Waals surface area contributed by atoms with Crippen LogP contribution in [0, 0.1) is 20.8 Å². The molecule has 0 saturated heterocycles. The van der Waals surface area contributed by atoms with E-state index in [-0.39, 0.29) is 4.90 Å². The van der Waals surface area contributed by atoms with Gasteiger partial charge < -0.3 is 4.74 Å². The highest BCUT2D eigenvalue weighted by Gasteiger charge is 2.20. The van der Waals surface area contributed by atoms with Gasteiger partial charge in [0.2, 0.25) is 0 Å². The smallest absolute Gasteiger partial charge is 0.262 e. The molecule has 0 unspecified atom stereocenters. The second-order valence-electron chi connectivity index (χ2n) is 5.31. The number of anilines is 1. The molecule has 1 N–H and O–H groups in total. The first-order valence-corrected chi connectivity index (χ1v) is 9.14. The first-order valence-electron chi connectivity index (χ1n) is 7.28. The van der Waals surface area contributed by atoms with E-state index in [0.717, 1.165) is 11.1 Å². The zero-order valence-electron chi connectivity index (χ0n) is 13.6. The summed E-state index contributed by atoms with van der Waals surface area (Å²) >= 11 is 5.95. The van der Waals surface area contributed by atoms with Gasteiger partial charge in [0.05, 0.1) is 17.2 Å². The van der Waals surface area contributed by atoms with E-state index in [1.54, 1.807) is 37.3 Å². The van der Waals surface area contributed by atoms with Gasteiger partial charge in [-0.2, -0.15) is 0 Å². The predicted molar refractivity (Wildman–Crippen MR) is 94.1 cm³/mol. The SMILES string of the molecule is CCOc1ccc(S(=O)(=O)Nc2cc(Cl)ccc2C)c(C)c1C. The number of halogens is 1. The highest BCUT2D eigenvalue weighted by Crippen LogP contribution is 2.29. The Morgan fingerprint density at radius 2 is 1.78 bits per heavy atom. The van der Waals surface area contributed by atoms with Crippen LogP contribution in [0.15, 0.2) is 35.2 Å². The number of hydrogen-bond donors (Lipinski definition) is 1. The molecule has 2 aromatic carbocycles. The largest absolute Gasteiger partial charge is 0.494 e. The van der Waals surface area contributed by atoms with E-state index < -0.39 is 10.0 Å². The van der Waals surface area contributed by atoms with Crippen molar-refractivity contribution in [1.82, 2.24) is 0 Å². The molecular formula is C17H20ClNO3S. The third kappa shape index (κ3) is 3.79. The summed E-state index contributed by atoms with van der Waals surface area (Å²) in [7, 11) is -3.70. The van der Waals surface area contributed by atoms with E-state index in [9.17, 15) is 8.42 Å². The van der Waals surface area contributed by atoms with Crippen LogP contribution in [0.4, 0.5) is 5.69 Å². The van der Waals surface area contributed by atoms with Crippen LogP contribution in [0.2, 0.25) is 5.02 Å². The lowest BCUT2D eigenvalue weighted by Gasteiger charge is -2.16. The summed E-state index contributed by atoms with van der Waals surface area (Å²) in [6, 6.07) is 8.35. The molecule has 0 aliphatic heterocycles. The van der Waals surface area contributed by atoms with Crippen LogP contribution >= 0.6 is 11.6 Å². The molecule has 2 aromatic rings. The monoisotopic (exact) mass is 353 g/mol. The fourth-order valence-electron chi connectivity index (χ4n) is 2.28. The lowest BCUT2D eigenvalue weighted by molar-refractivity contribution is 0.337. The van der Waals surface area contributed by atoms with Gasteiger partial charge >= 0.3 is 0 Å². The molecule has 6 heteroatoms. The number of hydrogen-bond acceptors (Lipinski definition) is 3. The highest BCUT2D eigenvalue weighted by atomic mass is 35.5. The van der Waals surface area contributed by atoms with Crippen LogP contribution in [0.5, 0.6) is 5.75 Å². The van der Waals surface area contributed by atoms with Gasteiger partial charge in [-0.1, -0.05) is 17.7 Å². The van der Waals surface area contributed by atoms with Crippen molar-refractivity contribution in [3.05, 3.63) is 52.0 Å². The van der Waals surface area contributed by atoms with E-state index >= 15 is 0 Å². The number of aryl methyl sites for hydroxylation is 1. The third-order valence-electron chi connectivity index (χ3n) is 3.72. The van der Waals surface area contributed by atoms with Crippen molar-refractivity contribution in [1.29, 1.82) is 0 Å². The van der Waals surface area contributed by atoms with Gasteiger partial charge in [-0.25, -0.2) is 8.42 Å². The Morgan fingerprint density at radius 1 is 1.09 bits per heavy atom. The van der Waals surface area contributed by atoms with Crippen LogP contribution in [-0.2, 0) is 10.0 Å². The van der Waals surface area contributed by atoms with Gasteiger partial charge in [0.25, 0.3) is 10.0 Å². The van der Waals surface area contributed by atoms with Crippen molar-refractivity contribution in [2.45, 2.75) is 32.6 Å². The fourth-order valence-corrected chi connectivity index (χ4v) is 3.87. The zero-order chi connectivity index (χ0) is 17.2. The Kier molecular flexibility index (Phi) is 5.22. The summed E-state index contributed by atoms with van der Waals surface area (Å²) in [6.07, 6.45) is 0. The second kappa shape index (κ2) is 6.81. The maximum atomic E-state index is 12.7. The minimum atomic E-state index is -3.70. The molecule has 0 atom stereocenters. The van der Waals surface area contributed by atoms with Gasteiger partial charge in [-0.15, -0.1) is 0 Å². The van der Waals surface area contributed by atoms with Crippen molar-refractivity contribution in [3.8, 4) is 5.75 Å². The second-order valence-corrected chi connectivity index (χ2v) is 7.40. The van der Waals surface area contributed by atoms with Gasteiger partial charge in [0, 0.05) is 5.02 Å². The van der Waals surface area contributed by atoms with Gasteiger partial charge in [-0.05, 0) is 68.7 Å². The number of sulfonamides is 1. The Morgan fingerprint density at radius 3 is 2.43 bits per heavy atom. The maximum Gasteiger partial charge on any atom is 0.262 e. The first kappa shape index (κ1) is 17.6. The predicted octanol–water partition coefficient (Wildman–Crippen LogP) is 4.46. The summed E-state index contributed by atoms with van der Waals surface area (Å²) < 4.78 is 33.5. The quantitative estimate of drug-likeness (QED) is 0.863. The normalized spacial score (nSPS) is 11.3. The number of ether oxygens (including phenoxy) is 1. The highest BCUT2D eigenvalue weighted by molar-refractivity contribution is 7.92. The molecule has 0 bridgehead atoms. The Hall–Kier alpha value is -1.72. The van der Waals surface area contributed by atoms with Gasteiger partial charge in [0.1, 0.15) is 5.75 Å². The molecule has 0 amide bonds. The van der Waals surface area contributed by atoms with E-state index in [4.69, 9.17) is 16.3 Å². The fraction of sp³-hybridized carbons (Fsp3) is 0.294. The van der Waals surface area contributed by atoms with Crippen molar-refractivity contribution in [2.75, 3.05) is 11.3 Å². The first-order chi connectivity index (χ1) is 10.8. The number of benzene rings is 2. The van der Waals surface area contributed by atoms with E-state index in [0.29, 0.717) is 28.6 Å². The average molecular weight is 354 g/mol.